The predicted octanol–water partition coefficient (Wildman–Crippen LogP) is 1.33. The molecule has 1 saturated heterocycles. The first-order valence-corrected chi connectivity index (χ1v) is 7.15. The van der Waals surface area contributed by atoms with E-state index >= 15 is 0 Å². The molecule has 110 valence electrons. The van der Waals surface area contributed by atoms with Gasteiger partial charge in [0.15, 0.2) is 0 Å². The predicted molar refractivity (Wildman–Crippen MR) is 80.3 cm³/mol. The second-order valence-electron chi connectivity index (χ2n) is 4.71. The lowest BCUT2D eigenvalue weighted by atomic mass is 10.1. The first kappa shape index (κ1) is 15.4. The summed E-state index contributed by atoms with van der Waals surface area (Å²) in [6.07, 6.45) is 0. The fourth-order valence-corrected chi connectivity index (χ4v) is 2.69. The molecule has 0 radical (unpaired) electrons. The topological polar surface area (TPSA) is 69.8 Å². The smallest absolute Gasteiger partial charge is 0.254 e. The molecule has 0 spiro atoms. The van der Waals surface area contributed by atoms with E-state index in [0.29, 0.717) is 35.2 Å². The van der Waals surface area contributed by atoms with Crippen molar-refractivity contribution < 1.29 is 9.90 Å². The second kappa shape index (κ2) is 6.63. The van der Waals surface area contributed by atoms with Crippen molar-refractivity contribution in [3.8, 4) is 0 Å². The third kappa shape index (κ3) is 3.35. The van der Waals surface area contributed by atoms with Gasteiger partial charge in [0, 0.05) is 38.3 Å². The maximum atomic E-state index is 12.4. The van der Waals surface area contributed by atoms with Crippen molar-refractivity contribution in [3.63, 3.8) is 0 Å². The number of β-amino-alcohol motifs (C(OH)–C–C–N with tert-alkyl or cyclic N) is 1. The van der Waals surface area contributed by atoms with E-state index in [1.165, 1.54) is 0 Å². The molecule has 0 aromatic heterocycles. The Kier molecular flexibility index (Phi) is 5.10. The summed E-state index contributed by atoms with van der Waals surface area (Å²) in [4.78, 5) is 16.3. The van der Waals surface area contributed by atoms with E-state index in [9.17, 15) is 4.79 Å². The number of piperazine rings is 1. The molecule has 20 heavy (non-hydrogen) atoms. The van der Waals surface area contributed by atoms with Gasteiger partial charge in [-0.15, -0.1) is 0 Å². The molecule has 3 N–H and O–H groups in total. The molecule has 0 unspecified atom stereocenters. The van der Waals surface area contributed by atoms with Gasteiger partial charge in [-0.25, -0.2) is 0 Å². The Hall–Kier alpha value is -1.01. The molecule has 1 amide bonds. The number of halogens is 2. The highest BCUT2D eigenvalue weighted by molar-refractivity contribution is 6.39. The van der Waals surface area contributed by atoms with Crippen LogP contribution in [0.15, 0.2) is 12.1 Å². The summed E-state index contributed by atoms with van der Waals surface area (Å²) in [5.74, 6) is -0.0996. The van der Waals surface area contributed by atoms with Crippen molar-refractivity contribution in [2.45, 2.75) is 0 Å². The molecule has 0 bridgehead atoms. The van der Waals surface area contributed by atoms with Crippen LogP contribution in [0.3, 0.4) is 0 Å². The van der Waals surface area contributed by atoms with E-state index in [2.05, 4.69) is 4.90 Å². The molecule has 0 atom stereocenters. The lowest BCUT2D eigenvalue weighted by molar-refractivity contribution is 0.0615. The SMILES string of the molecule is Nc1c(Cl)cc(C(=O)N2CCN(CCO)CC2)cc1Cl. The highest BCUT2D eigenvalue weighted by Crippen LogP contribution is 2.29. The number of hydrogen-bond donors (Lipinski definition) is 2. The van der Waals surface area contributed by atoms with Crippen molar-refractivity contribution >= 4 is 34.8 Å². The standard InChI is InChI=1S/C13H17Cl2N3O2/c14-10-7-9(8-11(15)12(10)16)13(20)18-3-1-17(2-4-18)5-6-19/h7-8,19H,1-6,16H2. The van der Waals surface area contributed by atoms with Crippen LogP contribution in [0.4, 0.5) is 5.69 Å². The monoisotopic (exact) mass is 317 g/mol. The van der Waals surface area contributed by atoms with Crippen LogP contribution in [0.2, 0.25) is 10.0 Å². The van der Waals surface area contributed by atoms with Gasteiger partial charge in [-0.2, -0.15) is 0 Å². The van der Waals surface area contributed by atoms with Crippen LogP contribution < -0.4 is 5.73 Å². The zero-order valence-electron chi connectivity index (χ0n) is 11.0. The number of aliphatic hydroxyl groups excluding tert-OH is 1. The van der Waals surface area contributed by atoms with Crippen LogP contribution in [0.1, 0.15) is 10.4 Å². The summed E-state index contributed by atoms with van der Waals surface area (Å²) < 4.78 is 0. The second-order valence-corrected chi connectivity index (χ2v) is 5.53. The van der Waals surface area contributed by atoms with Gasteiger partial charge in [0.25, 0.3) is 5.91 Å². The van der Waals surface area contributed by atoms with Gasteiger partial charge in [-0.1, -0.05) is 23.2 Å². The molecule has 0 aliphatic carbocycles. The molecular formula is C13H17Cl2N3O2. The minimum absolute atomic E-state index is 0.0996. The van der Waals surface area contributed by atoms with Gasteiger partial charge in [0.2, 0.25) is 0 Å². The number of benzene rings is 1. The van der Waals surface area contributed by atoms with Crippen LogP contribution in [0, 0.1) is 0 Å². The average molecular weight is 318 g/mol. The van der Waals surface area contributed by atoms with Gasteiger partial charge >= 0.3 is 0 Å². The van der Waals surface area contributed by atoms with E-state index in [0.717, 1.165) is 13.1 Å². The largest absolute Gasteiger partial charge is 0.396 e. The van der Waals surface area contributed by atoms with Crippen LogP contribution in [-0.4, -0.2) is 60.1 Å². The van der Waals surface area contributed by atoms with E-state index in [-0.39, 0.29) is 18.2 Å². The molecule has 5 nitrogen and oxygen atoms in total. The fourth-order valence-electron chi connectivity index (χ4n) is 2.21. The summed E-state index contributed by atoms with van der Waals surface area (Å²) in [6, 6.07) is 3.09. The molecule has 1 heterocycles. The number of rotatable bonds is 3. The third-order valence-corrected chi connectivity index (χ3v) is 4.03. The van der Waals surface area contributed by atoms with E-state index in [4.69, 9.17) is 34.0 Å². The average Bonchev–Trinajstić information content (AvgIpc) is 2.44. The van der Waals surface area contributed by atoms with Gasteiger partial charge in [-0.05, 0) is 12.1 Å². The first-order valence-electron chi connectivity index (χ1n) is 6.40. The van der Waals surface area contributed by atoms with Crippen molar-refractivity contribution in [2.24, 2.45) is 0 Å². The Labute approximate surface area is 127 Å². The summed E-state index contributed by atoms with van der Waals surface area (Å²) in [7, 11) is 0. The first-order chi connectivity index (χ1) is 9.52. The molecule has 1 aliphatic rings. The van der Waals surface area contributed by atoms with Gasteiger partial charge in [0.1, 0.15) is 0 Å². The third-order valence-electron chi connectivity index (χ3n) is 3.40. The number of amides is 1. The molecule has 1 aromatic carbocycles. The van der Waals surface area contributed by atoms with Crippen LogP contribution in [0.5, 0.6) is 0 Å². The lowest BCUT2D eigenvalue weighted by Crippen LogP contribution is -2.49. The van der Waals surface area contributed by atoms with E-state index < -0.39 is 0 Å². The number of anilines is 1. The van der Waals surface area contributed by atoms with Gasteiger partial charge in [-0.3, -0.25) is 9.69 Å². The normalized spacial score (nSPS) is 16.4. The van der Waals surface area contributed by atoms with Crippen molar-refractivity contribution in [1.82, 2.24) is 9.80 Å². The Morgan fingerprint density at radius 3 is 2.25 bits per heavy atom. The highest BCUT2D eigenvalue weighted by Gasteiger charge is 2.22. The number of carbonyl (C=O) groups is 1. The van der Waals surface area contributed by atoms with E-state index in [1.54, 1.807) is 17.0 Å². The molecule has 7 heteroatoms. The quantitative estimate of drug-likeness (QED) is 0.825. The minimum Gasteiger partial charge on any atom is -0.396 e. The molecular weight excluding hydrogens is 301 g/mol. The lowest BCUT2D eigenvalue weighted by Gasteiger charge is -2.34. The molecule has 0 saturated carbocycles. The Morgan fingerprint density at radius 2 is 1.75 bits per heavy atom. The summed E-state index contributed by atoms with van der Waals surface area (Å²) in [5.41, 5.74) is 6.40. The maximum absolute atomic E-state index is 12.4. The number of nitrogens with two attached hydrogens (primary N) is 1. The number of hydrogen-bond acceptors (Lipinski definition) is 4. The van der Waals surface area contributed by atoms with Crippen LogP contribution in [-0.2, 0) is 0 Å². The summed E-state index contributed by atoms with van der Waals surface area (Å²) in [5, 5.41) is 9.48. The van der Waals surface area contributed by atoms with Crippen LogP contribution >= 0.6 is 23.2 Å². The Bertz CT molecular complexity index is 479. The van der Waals surface area contributed by atoms with Crippen LogP contribution in [0.25, 0.3) is 0 Å². The molecule has 1 aliphatic heterocycles. The fraction of sp³-hybridized carbons (Fsp3) is 0.462. The van der Waals surface area contributed by atoms with E-state index in [1.807, 2.05) is 0 Å². The summed E-state index contributed by atoms with van der Waals surface area (Å²) in [6.45, 7) is 3.53. The maximum Gasteiger partial charge on any atom is 0.254 e. The number of nitrogens with zero attached hydrogens (tertiary/aromatic N) is 2. The molecule has 1 aromatic rings. The zero-order chi connectivity index (χ0) is 14.7. The van der Waals surface area contributed by atoms with Gasteiger partial charge in [0.05, 0.1) is 22.3 Å². The zero-order valence-corrected chi connectivity index (χ0v) is 12.5. The molecule has 1 fully saturated rings. The van der Waals surface area contributed by atoms with Crippen molar-refractivity contribution in [2.75, 3.05) is 45.1 Å². The Morgan fingerprint density at radius 1 is 1.20 bits per heavy atom. The van der Waals surface area contributed by atoms with Gasteiger partial charge < -0.3 is 15.7 Å². The van der Waals surface area contributed by atoms with Crippen molar-refractivity contribution in [1.29, 1.82) is 0 Å². The Balaban J connectivity index is 2.06. The summed E-state index contributed by atoms with van der Waals surface area (Å²) >= 11 is 11.9. The molecule has 2 rings (SSSR count). The van der Waals surface area contributed by atoms with Crippen molar-refractivity contribution in [3.05, 3.63) is 27.7 Å². The number of aliphatic hydroxyl groups is 1. The number of carbonyl (C=O) groups excluding carboxylic acids is 1. The number of nitrogen functional groups attached to an aromatic ring is 1. The minimum atomic E-state index is -0.0996. The highest BCUT2D eigenvalue weighted by atomic mass is 35.5.